The van der Waals surface area contributed by atoms with Crippen molar-refractivity contribution in [2.24, 2.45) is 0 Å². The predicted molar refractivity (Wildman–Crippen MR) is 41.7 cm³/mol. The fraction of sp³-hybridized carbons (Fsp3) is 1.00. The number of hydrogen-bond acceptors (Lipinski definition) is 2. The van der Waals surface area contributed by atoms with E-state index in [-0.39, 0.29) is 0 Å². The van der Waals surface area contributed by atoms with Gasteiger partial charge in [-0.05, 0) is 14.0 Å². The van der Waals surface area contributed by atoms with Crippen LogP contribution in [-0.4, -0.2) is 25.7 Å². The molecule has 0 aliphatic carbocycles. The summed E-state index contributed by atoms with van der Waals surface area (Å²) in [6.07, 6.45) is 0. The minimum Gasteiger partial charge on any atom is -0.316 e. The van der Waals surface area contributed by atoms with E-state index in [1.54, 1.807) is 0 Å². The lowest BCUT2D eigenvalue weighted by Gasteiger charge is -2.13. The van der Waals surface area contributed by atoms with Crippen LogP contribution in [0.4, 0.5) is 0 Å². The van der Waals surface area contributed by atoms with Crippen LogP contribution in [0.1, 0.15) is 20.8 Å². The summed E-state index contributed by atoms with van der Waals surface area (Å²) in [5.74, 6) is 0. The molecule has 0 aromatic carbocycles. The Morgan fingerprint density at radius 2 is 1.78 bits per heavy atom. The van der Waals surface area contributed by atoms with Crippen LogP contribution in [0.25, 0.3) is 0 Å². The Kier molecular flexibility index (Phi) is 4.72. The highest BCUT2D eigenvalue weighted by atomic mass is 15.0. The molecule has 0 amide bonds. The van der Waals surface area contributed by atoms with Crippen molar-refractivity contribution in [3.8, 4) is 0 Å². The van der Waals surface area contributed by atoms with Crippen molar-refractivity contribution in [2.45, 2.75) is 32.9 Å². The predicted octanol–water partition coefficient (Wildman–Crippen LogP) is 0.592. The molecule has 2 N–H and O–H groups in total. The maximum absolute atomic E-state index is 3.33. The molecular weight excluding hydrogens is 112 g/mol. The molecule has 0 aromatic rings. The van der Waals surface area contributed by atoms with Crippen LogP contribution in [0.3, 0.4) is 0 Å². The van der Waals surface area contributed by atoms with Gasteiger partial charge >= 0.3 is 0 Å². The number of likely N-dealkylation sites (N-methyl/N-ethyl adjacent to an activating group) is 1. The van der Waals surface area contributed by atoms with Gasteiger partial charge in [-0.2, -0.15) is 0 Å². The summed E-state index contributed by atoms with van der Waals surface area (Å²) in [5, 5.41) is 6.49. The molecule has 0 bridgehead atoms. The first-order valence-electron chi connectivity index (χ1n) is 3.57. The van der Waals surface area contributed by atoms with Crippen LogP contribution in [-0.2, 0) is 0 Å². The van der Waals surface area contributed by atoms with E-state index in [0.29, 0.717) is 12.1 Å². The number of nitrogens with one attached hydrogen (secondary N) is 2. The van der Waals surface area contributed by atoms with Gasteiger partial charge in [0.1, 0.15) is 0 Å². The number of hydrogen-bond donors (Lipinski definition) is 2. The SMILES string of the molecule is CN[C@@H](C)CNC(C)C. The minimum absolute atomic E-state index is 0.576. The Bertz CT molecular complexity index is 61.9. The van der Waals surface area contributed by atoms with Crippen molar-refractivity contribution in [3.05, 3.63) is 0 Å². The third-order valence-electron chi connectivity index (χ3n) is 1.33. The molecule has 0 heterocycles. The monoisotopic (exact) mass is 130 g/mol. The van der Waals surface area contributed by atoms with E-state index in [1.165, 1.54) is 0 Å². The molecule has 2 heteroatoms. The molecule has 0 rings (SSSR count). The van der Waals surface area contributed by atoms with E-state index < -0.39 is 0 Å². The highest BCUT2D eigenvalue weighted by molar-refractivity contribution is 4.62. The molecule has 1 atom stereocenters. The molecule has 0 unspecified atom stereocenters. The zero-order valence-corrected chi connectivity index (χ0v) is 6.86. The average molecular weight is 130 g/mol. The quantitative estimate of drug-likeness (QED) is 0.582. The van der Waals surface area contributed by atoms with Gasteiger partial charge in [-0.1, -0.05) is 13.8 Å². The van der Waals surface area contributed by atoms with E-state index in [9.17, 15) is 0 Å². The number of rotatable bonds is 4. The first kappa shape index (κ1) is 8.92. The van der Waals surface area contributed by atoms with Crippen molar-refractivity contribution < 1.29 is 0 Å². The van der Waals surface area contributed by atoms with Crippen molar-refractivity contribution in [2.75, 3.05) is 13.6 Å². The lowest BCUT2D eigenvalue weighted by molar-refractivity contribution is 0.502. The summed E-state index contributed by atoms with van der Waals surface area (Å²) >= 11 is 0. The maximum Gasteiger partial charge on any atom is 0.0161 e. The van der Waals surface area contributed by atoms with Gasteiger partial charge in [0.15, 0.2) is 0 Å². The largest absolute Gasteiger partial charge is 0.316 e. The molecule has 2 nitrogen and oxygen atoms in total. The summed E-state index contributed by atoms with van der Waals surface area (Å²) in [4.78, 5) is 0. The van der Waals surface area contributed by atoms with Crippen LogP contribution in [0.5, 0.6) is 0 Å². The van der Waals surface area contributed by atoms with E-state index in [2.05, 4.69) is 31.4 Å². The first-order chi connectivity index (χ1) is 4.16. The van der Waals surface area contributed by atoms with Crippen molar-refractivity contribution >= 4 is 0 Å². The van der Waals surface area contributed by atoms with Gasteiger partial charge in [-0.3, -0.25) is 0 Å². The zero-order chi connectivity index (χ0) is 7.28. The molecule has 0 fully saturated rings. The standard InChI is InChI=1S/C7H18N2/c1-6(2)9-5-7(3)8-4/h6-9H,5H2,1-4H3/t7-/m0/s1. The van der Waals surface area contributed by atoms with Gasteiger partial charge in [0.25, 0.3) is 0 Å². The van der Waals surface area contributed by atoms with Gasteiger partial charge in [-0.15, -0.1) is 0 Å². The van der Waals surface area contributed by atoms with Crippen LogP contribution in [0.2, 0.25) is 0 Å². The smallest absolute Gasteiger partial charge is 0.0161 e. The lowest BCUT2D eigenvalue weighted by atomic mass is 10.3. The molecule has 0 saturated carbocycles. The molecule has 56 valence electrons. The van der Waals surface area contributed by atoms with Gasteiger partial charge in [0.05, 0.1) is 0 Å². The zero-order valence-electron chi connectivity index (χ0n) is 6.86. The highest BCUT2D eigenvalue weighted by Crippen LogP contribution is 1.79. The van der Waals surface area contributed by atoms with Gasteiger partial charge < -0.3 is 10.6 Å². The second-order valence-corrected chi connectivity index (χ2v) is 2.75. The summed E-state index contributed by atoms with van der Waals surface area (Å²) in [5.41, 5.74) is 0. The molecule has 0 aromatic heterocycles. The molecule has 0 radical (unpaired) electrons. The Balaban J connectivity index is 3.06. The summed E-state index contributed by atoms with van der Waals surface area (Å²) in [6.45, 7) is 7.52. The van der Waals surface area contributed by atoms with E-state index in [0.717, 1.165) is 6.54 Å². The van der Waals surface area contributed by atoms with E-state index in [4.69, 9.17) is 0 Å². The van der Waals surface area contributed by atoms with Crippen LogP contribution in [0, 0.1) is 0 Å². The van der Waals surface area contributed by atoms with Crippen LogP contribution in [0.15, 0.2) is 0 Å². The lowest BCUT2D eigenvalue weighted by Crippen LogP contribution is -2.37. The Morgan fingerprint density at radius 3 is 2.11 bits per heavy atom. The molecule has 0 aliphatic rings. The van der Waals surface area contributed by atoms with E-state index >= 15 is 0 Å². The maximum atomic E-state index is 3.33. The summed E-state index contributed by atoms with van der Waals surface area (Å²) in [7, 11) is 1.98. The second kappa shape index (κ2) is 4.77. The molecule has 0 saturated heterocycles. The molecule has 0 spiro atoms. The second-order valence-electron chi connectivity index (χ2n) is 2.75. The minimum atomic E-state index is 0.576. The summed E-state index contributed by atoms with van der Waals surface area (Å²) < 4.78 is 0. The first-order valence-corrected chi connectivity index (χ1v) is 3.57. The van der Waals surface area contributed by atoms with Gasteiger partial charge in [0.2, 0.25) is 0 Å². The molecule has 0 aliphatic heterocycles. The van der Waals surface area contributed by atoms with Gasteiger partial charge in [0, 0.05) is 18.6 Å². The van der Waals surface area contributed by atoms with Crippen LogP contribution >= 0.6 is 0 Å². The summed E-state index contributed by atoms with van der Waals surface area (Å²) in [6, 6.07) is 1.17. The molecule has 9 heavy (non-hydrogen) atoms. The van der Waals surface area contributed by atoms with Crippen molar-refractivity contribution in [3.63, 3.8) is 0 Å². The third-order valence-corrected chi connectivity index (χ3v) is 1.33. The third kappa shape index (κ3) is 5.80. The average Bonchev–Trinajstić information content (AvgIpc) is 1.83. The van der Waals surface area contributed by atoms with Gasteiger partial charge in [-0.25, -0.2) is 0 Å². The van der Waals surface area contributed by atoms with Crippen molar-refractivity contribution in [1.82, 2.24) is 10.6 Å². The van der Waals surface area contributed by atoms with E-state index in [1.807, 2.05) is 7.05 Å². The fourth-order valence-corrected chi connectivity index (χ4v) is 0.515. The van der Waals surface area contributed by atoms with Crippen LogP contribution < -0.4 is 10.6 Å². The fourth-order valence-electron chi connectivity index (χ4n) is 0.515. The Hall–Kier alpha value is -0.0800. The Labute approximate surface area is 58.0 Å². The topological polar surface area (TPSA) is 24.1 Å². The Morgan fingerprint density at radius 1 is 1.22 bits per heavy atom. The van der Waals surface area contributed by atoms with Crippen molar-refractivity contribution in [1.29, 1.82) is 0 Å². The highest BCUT2D eigenvalue weighted by Gasteiger charge is 1.96. The normalized spacial score (nSPS) is 14.3. The molecular formula is C7H18N2.